The Morgan fingerprint density at radius 3 is 2.84 bits per heavy atom. The highest BCUT2D eigenvalue weighted by Crippen LogP contribution is 2.36. The lowest BCUT2D eigenvalue weighted by molar-refractivity contribution is 0.102. The summed E-state index contributed by atoms with van der Waals surface area (Å²) in [5.41, 5.74) is 3.39. The highest BCUT2D eigenvalue weighted by atomic mass is 35.5. The van der Waals surface area contributed by atoms with Crippen LogP contribution in [0.5, 0.6) is 5.75 Å². The van der Waals surface area contributed by atoms with Crippen molar-refractivity contribution in [3.63, 3.8) is 0 Å². The highest BCUT2D eigenvalue weighted by Gasteiger charge is 2.17. The first kappa shape index (κ1) is 20.0. The van der Waals surface area contributed by atoms with Gasteiger partial charge in [-0.05, 0) is 29.8 Å². The molecule has 0 spiro atoms. The summed E-state index contributed by atoms with van der Waals surface area (Å²) in [6, 6.07) is 14.8. The Hall–Kier alpha value is -2.94. The van der Waals surface area contributed by atoms with Crippen LogP contribution in [0.4, 0.5) is 0 Å². The summed E-state index contributed by atoms with van der Waals surface area (Å²) in [6.45, 7) is 0. The van der Waals surface area contributed by atoms with Crippen molar-refractivity contribution in [1.82, 2.24) is 19.6 Å². The molecule has 3 heterocycles. The number of carbonyl (C=O) groups is 1. The van der Waals surface area contributed by atoms with E-state index in [1.165, 1.54) is 11.8 Å². The molecule has 0 aliphatic heterocycles. The highest BCUT2D eigenvalue weighted by molar-refractivity contribution is 7.99. The number of carbonyl (C=O) groups excluding carboxylic acids is 1. The monoisotopic (exact) mass is 466 g/mol. The SMILES string of the molecule is COc1cccc(C(=O)CSc2nnc3c4c(-c5ccc(Cl)cc5)csc4ncn23)c1. The second-order valence-corrected chi connectivity index (χ2v) is 8.94. The summed E-state index contributed by atoms with van der Waals surface area (Å²) in [5.74, 6) is 0.884. The van der Waals surface area contributed by atoms with Crippen LogP contribution >= 0.6 is 34.7 Å². The molecule has 0 atom stereocenters. The lowest BCUT2D eigenvalue weighted by Gasteiger charge is -2.04. The molecule has 6 nitrogen and oxygen atoms in total. The molecule has 0 radical (unpaired) electrons. The summed E-state index contributed by atoms with van der Waals surface area (Å²) in [6.07, 6.45) is 1.71. The number of ether oxygens (including phenoxy) is 1. The number of nitrogens with zero attached hydrogens (tertiary/aromatic N) is 4. The van der Waals surface area contributed by atoms with E-state index in [0.29, 0.717) is 27.1 Å². The Bertz CT molecular complexity index is 1410. The largest absolute Gasteiger partial charge is 0.497 e. The van der Waals surface area contributed by atoms with Crippen LogP contribution in [0.3, 0.4) is 0 Å². The second kappa shape index (κ2) is 8.30. The normalized spacial score (nSPS) is 11.3. The van der Waals surface area contributed by atoms with E-state index in [2.05, 4.69) is 20.6 Å². The number of halogens is 1. The van der Waals surface area contributed by atoms with Gasteiger partial charge in [-0.1, -0.05) is 47.6 Å². The van der Waals surface area contributed by atoms with Crippen LogP contribution in [0.15, 0.2) is 65.4 Å². The van der Waals surface area contributed by atoms with Crippen LogP contribution in [0.2, 0.25) is 5.02 Å². The van der Waals surface area contributed by atoms with Crippen LogP contribution in [0, 0.1) is 0 Å². The molecule has 5 aromatic rings. The van der Waals surface area contributed by atoms with Crippen molar-refractivity contribution in [2.75, 3.05) is 12.9 Å². The molecule has 3 aromatic heterocycles. The van der Waals surface area contributed by atoms with Crippen LogP contribution in [0.1, 0.15) is 10.4 Å². The van der Waals surface area contributed by atoms with E-state index in [1.807, 2.05) is 34.7 Å². The first-order chi connectivity index (χ1) is 15.1. The molecule has 0 saturated carbocycles. The van der Waals surface area contributed by atoms with Gasteiger partial charge in [-0.3, -0.25) is 9.20 Å². The Morgan fingerprint density at radius 1 is 1.19 bits per heavy atom. The van der Waals surface area contributed by atoms with Crippen molar-refractivity contribution in [2.24, 2.45) is 0 Å². The topological polar surface area (TPSA) is 69.4 Å². The van der Waals surface area contributed by atoms with Gasteiger partial charge in [0.15, 0.2) is 16.6 Å². The minimum Gasteiger partial charge on any atom is -0.497 e. The maximum atomic E-state index is 12.6. The van der Waals surface area contributed by atoms with Gasteiger partial charge in [0.25, 0.3) is 0 Å². The molecule has 9 heteroatoms. The molecule has 0 unspecified atom stereocenters. The fraction of sp³-hybridized carbons (Fsp3) is 0.0909. The van der Waals surface area contributed by atoms with Gasteiger partial charge in [-0.25, -0.2) is 4.98 Å². The number of methoxy groups -OCH3 is 1. The fourth-order valence-corrected chi connectivity index (χ4v) is 5.11. The predicted molar refractivity (Wildman–Crippen MR) is 125 cm³/mol. The van der Waals surface area contributed by atoms with E-state index in [0.717, 1.165) is 21.3 Å². The van der Waals surface area contributed by atoms with E-state index in [-0.39, 0.29) is 11.5 Å². The molecule has 0 fully saturated rings. The molecular formula is C22H15ClN4O2S2. The van der Waals surface area contributed by atoms with Crippen molar-refractivity contribution in [1.29, 1.82) is 0 Å². The Morgan fingerprint density at radius 2 is 2.03 bits per heavy atom. The van der Waals surface area contributed by atoms with Gasteiger partial charge in [0.2, 0.25) is 0 Å². The Labute approximate surface area is 190 Å². The smallest absolute Gasteiger partial charge is 0.197 e. The molecule has 31 heavy (non-hydrogen) atoms. The number of hydrogen-bond donors (Lipinski definition) is 0. The Kier molecular flexibility index (Phi) is 5.35. The first-order valence-corrected chi connectivity index (χ1v) is 11.6. The van der Waals surface area contributed by atoms with Gasteiger partial charge in [0.1, 0.15) is 16.9 Å². The number of aromatic nitrogens is 4. The minimum atomic E-state index is -0.00734. The summed E-state index contributed by atoms with van der Waals surface area (Å²) < 4.78 is 7.03. The molecule has 0 amide bonds. The van der Waals surface area contributed by atoms with Crippen molar-refractivity contribution >= 4 is 56.3 Å². The number of ketones is 1. The second-order valence-electron chi connectivity index (χ2n) is 6.70. The van der Waals surface area contributed by atoms with Gasteiger partial charge in [-0.15, -0.1) is 21.5 Å². The van der Waals surface area contributed by atoms with Crippen LogP contribution < -0.4 is 4.74 Å². The minimum absolute atomic E-state index is 0.00734. The average Bonchev–Trinajstić information content (AvgIpc) is 3.42. The number of thiophene rings is 1. The zero-order chi connectivity index (χ0) is 21.4. The van der Waals surface area contributed by atoms with Crippen LogP contribution in [-0.2, 0) is 0 Å². The summed E-state index contributed by atoms with van der Waals surface area (Å²) >= 11 is 8.93. The first-order valence-electron chi connectivity index (χ1n) is 9.31. The third-order valence-electron chi connectivity index (χ3n) is 4.83. The average molecular weight is 467 g/mol. The molecule has 0 aliphatic carbocycles. The van der Waals surface area contributed by atoms with E-state index in [4.69, 9.17) is 16.3 Å². The van der Waals surface area contributed by atoms with E-state index < -0.39 is 0 Å². The van der Waals surface area contributed by atoms with Gasteiger partial charge >= 0.3 is 0 Å². The molecule has 154 valence electrons. The van der Waals surface area contributed by atoms with E-state index >= 15 is 0 Å². The molecule has 0 N–H and O–H groups in total. The fourth-order valence-electron chi connectivity index (χ4n) is 3.27. The Balaban J connectivity index is 1.47. The zero-order valence-electron chi connectivity index (χ0n) is 16.3. The number of benzene rings is 2. The molecule has 2 aromatic carbocycles. The van der Waals surface area contributed by atoms with Crippen molar-refractivity contribution in [3.05, 3.63) is 70.8 Å². The van der Waals surface area contributed by atoms with Crippen molar-refractivity contribution in [2.45, 2.75) is 5.16 Å². The van der Waals surface area contributed by atoms with Gasteiger partial charge in [0, 0.05) is 21.5 Å². The van der Waals surface area contributed by atoms with Crippen LogP contribution in [0.25, 0.3) is 27.0 Å². The van der Waals surface area contributed by atoms with Crippen LogP contribution in [-0.4, -0.2) is 38.2 Å². The van der Waals surface area contributed by atoms with Crippen molar-refractivity contribution < 1.29 is 9.53 Å². The van der Waals surface area contributed by atoms with Gasteiger partial charge in [-0.2, -0.15) is 0 Å². The molecule has 0 bridgehead atoms. The maximum Gasteiger partial charge on any atom is 0.197 e. The quantitative estimate of drug-likeness (QED) is 0.238. The molecule has 0 aliphatic rings. The third kappa shape index (κ3) is 3.78. The lowest BCUT2D eigenvalue weighted by atomic mass is 10.1. The molecule has 0 saturated heterocycles. The predicted octanol–water partition coefficient (Wildman–Crippen LogP) is 5.64. The number of thioether (sulfide) groups is 1. The number of rotatable bonds is 6. The third-order valence-corrected chi connectivity index (χ3v) is 6.91. The number of Topliss-reactive ketones (excluding diaryl/α,β-unsaturated/α-hetero) is 1. The van der Waals surface area contributed by atoms with Gasteiger partial charge in [0.05, 0.1) is 18.2 Å². The number of hydrogen-bond acceptors (Lipinski definition) is 7. The molecule has 5 rings (SSSR count). The summed E-state index contributed by atoms with van der Waals surface area (Å²) in [5, 5.41) is 13.0. The summed E-state index contributed by atoms with van der Waals surface area (Å²) in [7, 11) is 1.58. The maximum absolute atomic E-state index is 12.6. The summed E-state index contributed by atoms with van der Waals surface area (Å²) in [4.78, 5) is 18.1. The number of fused-ring (bicyclic) bond motifs is 3. The standard InChI is InChI=1S/C22H15ClN4O2S2/c1-29-16-4-2-3-14(9-16)18(28)11-31-22-26-25-20-19-17(13-5-7-15(23)8-6-13)10-30-21(19)24-12-27(20)22/h2-10,12H,11H2,1H3. The van der Waals surface area contributed by atoms with E-state index in [1.54, 1.807) is 43.0 Å². The zero-order valence-corrected chi connectivity index (χ0v) is 18.7. The van der Waals surface area contributed by atoms with Gasteiger partial charge < -0.3 is 4.74 Å². The molecular weight excluding hydrogens is 452 g/mol. The lowest BCUT2D eigenvalue weighted by Crippen LogP contribution is -2.03. The van der Waals surface area contributed by atoms with Crippen molar-refractivity contribution in [3.8, 4) is 16.9 Å². The van der Waals surface area contributed by atoms with E-state index in [9.17, 15) is 4.79 Å².